The second kappa shape index (κ2) is 9.73. The van der Waals surface area contributed by atoms with E-state index in [1.807, 2.05) is 19.1 Å². The molecule has 1 atom stereocenters. The highest BCUT2D eigenvalue weighted by Crippen LogP contribution is 2.16. The van der Waals surface area contributed by atoms with Crippen LogP contribution < -0.4 is 10.6 Å². The fourth-order valence-corrected chi connectivity index (χ4v) is 3.02. The van der Waals surface area contributed by atoms with Crippen molar-refractivity contribution in [3.05, 3.63) is 35.1 Å². The molecule has 2 rings (SSSR count). The molecule has 2 N–H and O–H groups in total. The van der Waals surface area contributed by atoms with E-state index in [1.165, 1.54) is 0 Å². The van der Waals surface area contributed by atoms with E-state index in [0.29, 0.717) is 5.56 Å². The Bertz CT molecular complexity index is 567. The third kappa shape index (κ3) is 5.97. The van der Waals surface area contributed by atoms with Gasteiger partial charge in [-0.2, -0.15) is 0 Å². The maximum absolute atomic E-state index is 13.7. The molecule has 1 unspecified atom stereocenters. The Hall–Kier alpha value is -1.66. The summed E-state index contributed by atoms with van der Waals surface area (Å²) in [6, 6.07) is 5.35. The van der Waals surface area contributed by atoms with E-state index in [-0.39, 0.29) is 11.9 Å². The molecule has 1 fully saturated rings. The first-order valence-electron chi connectivity index (χ1n) is 9.21. The second-order valence-corrected chi connectivity index (χ2v) is 6.65. The van der Waals surface area contributed by atoms with Crippen LogP contribution in [-0.2, 0) is 0 Å². The van der Waals surface area contributed by atoms with Crippen LogP contribution in [0.3, 0.4) is 0 Å². The van der Waals surface area contributed by atoms with Gasteiger partial charge in [0.15, 0.2) is 5.96 Å². The second-order valence-electron chi connectivity index (χ2n) is 6.65. The molecule has 0 aliphatic carbocycles. The van der Waals surface area contributed by atoms with E-state index in [9.17, 15) is 4.39 Å². The summed E-state index contributed by atoms with van der Waals surface area (Å²) in [5.41, 5.74) is 1.59. The number of halogens is 1. The van der Waals surface area contributed by atoms with Gasteiger partial charge >= 0.3 is 0 Å². The lowest BCUT2D eigenvalue weighted by Crippen LogP contribution is -2.49. The minimum Gasteiger partial charge on any atom is -0.355 e. The quantitative estimate of drug-likeness (QED) is 0.609. The monoisotopic (exact) mass is 349 g/mol. The van der Waals surface area contributed by atoms with Crippen molar-refractivity contribution in [3.8, 4) is 0 Å². The minimum atomic E-state index is -0.166. The van der Waals surface area contributed by atoms with Crippen molar-refractivity contribution in [1.29, 1.82) is 0 Å². The Morgan fingerprint density at radius 1 is 1.24 bits per heavy atom. The number of likely N-dealkylation sites (N-methyl/N-ethyl adjacent to an activating group) is 1. The average molecular weight is 349 g/mol. The summed E-state index contributed by atoms with van der Waals surface area (Å²) in [6.45, 7) is 13.6. The number of hydrogen-bond donors (Lipinski definition) is 2. The Morgan fingerprint density at radius 3 is 2.52 bits per heavy atom. The standard InChI is InChI=1S/C19H32FN5/c1-5-24-10-12-25(13-11-24)9-8-22-19(21-4)23-16(3)17-7-6-15(2)18(20)14-17/h6-7,14,16H,5,8-13H2,1-4H3,(H2,21,22,23). The van der Waals surface area contributed by atoms with Gasteiger partial charge in [-0.25, -0.2) is 4.39 Å². The molecule has 1 aromatic carbocycles. The smallest absolute Gasteiger partial charge is 0.191 e. The third-order valence-electron chi connectivity index (χ3n) is 4.91. The van der Waals surface area contributed by atoms with Crippen LogP contribution in [0.2, 0.25) is 0 Å². The van der Waals surface area contributed by atoms with Gasteiger partial charge in [-0.05, 0) is 37.6 Å². The van der Waals surface area contributed by atoms with Gasteiger partial charge in [0.05, 0.1) is 6.04 Å². The summed E-state index contributed by atoms with van der Waals surface area (Å²) in [6.07, 6.45) is 0. The van der Waals surface area contributed by atoms with Gasteiger partial charge in [0, 0.05) is 46.3 Å². The van der Waals surface area contributed by atoms with E-state index in [2.05, 4.69) is 32.3 Å². The van der Waals surface area contributed by atoms with Crippen LogP contribution in [0.15, 0.2) is 23.2 Å². The van der Waals surface area contributed by atoms with Crippen molar-refractivity contribution in [2.24, 2.45) is 4.99 Å². The lowest BCUT2D eigenvalue weighted by molar-refractivity contribution is 0.139. The van der Waals surface area contributed by atoms with Crippen LogP contribution in [-0.4, -0.2) is 68.6 Å². The molecule has 1 heterocycles. The highest BCUT2D eigenvalue weighted by molar-refractivity contribution is 5.80. The first-order chi connectivity index (χ1) is 12.0. The topological polar surface area (TPSA) is 42.9 Å². The van der Waals surface area contributed by atoms with E-state index in [4.69, 9.17) is 0 Å². The van der Waals surface area contributed by atoms with Gasteiger partial charge in [0.25, 0.3) is 0 Å². The first kappa shape index (κ1) is 19.7. The summed E-state index contributed by atoms with van der Waals surface area (Å²) < 4.78 is 13.7. The van der Waals surface area contributed by atoms with Crippen LogP contribution in [0, 0.1) is 12.7 Å². The number of hydrogen-bond acceptors (Lipinski definition) is 3. The van der Waals surface area contributed by atoms with Crippen LogP contribution >= 0.6 is 0 Å². The first-order valence-corrected chi connectivity index (χ1v) is 9.21. The zero-order chi connectivity index (χ0) is 18.2. The number of piperazine rings is 1. The molecule has 0 amide bonds. The van der Waals surface area contributed by atoms with E-state index >= 15 is 0 Å². The third-order valence-corrected chi connectivity index (χ3v) is 4.91. The highest BCUT2D eigenvalue weighted by atomic mass is 19.1. The van der Waals surface area contributed by atoms with Crippen molar-refractivity contribution >= 4 is 5.96 Å². The summed E-state index contributed by atoms with van der Waals surface area (Å²) in [4.78, 5) is 9.23. The van der Waals surface area contributed by atoms with Crippen molar-refractivity contribution in [3.63, 3.8) is 0 Å². The Kier molecular flexibility index (Phi) is 7.65. The lowest BCUT2D eigenvalue weighted by Gasteiger charge is -2.34. The van der Waals surface area contributed by atoms with Gasteiger partial charge in [0.2, 0.25) is 0 Å². The molecule has 0 radical (unpaired) electrons. The molecule has 0 bridgehead atoms. The molecule has 1 aliphatic heterocycles. The number of nitrogens with one attached hydrogen (secondary N) is 2. The van der Waals surface area contributed by atoms with E-state index in [1.54, 1.807) is 20.0 Å². The molecule has 6 heteroatoms. The minimum absolute atomic E-state index is 0.00519. The number of guanidine groups is 1. The van der Waals surface area contributed by atoms with Gasteiger partial charge in [-0.3, -0.25) is 9.89 Å². The molecule has 25 heavy (non-hydrogen) atoms. The normalized spacial score (nSPS) is 18.2. The summed E-state index contributed by atoms with van der Waals surface area (Å²) in [5.74, 6) is 0.584. The number of rotatable bonds is 6. The van der Waals surface area contributed by atoms with E-state index < -0.39 is 0 Å². The Labute approximate surface area is 151 Å². The van der Waals surface area contributed by atoms with Crippen molar-refractivity contribution in [2.75, 3.05) is 52.9 Å². The SMILES string of the molecule is CCN1CCN(CCNC(=NC)NC(C)c2ccc(C)c(F)c2)CC1. The van der Waals surface area contributed by atoms with Crippen LogP contribution in [0.25, 0.3) is 0 Å². The zero-order valence-electron chi connectivity index (χ0n) is 16.0. The molecule has 1 aliphatic rings. The maximum atomic E-state index is 13.7. The number of aliphatic imine (C=N–C) groups is 1. The molecule has 0 aromatic heterocycles. The van der Waals surface area contributed by atoms with Crippen molar-refractivity contribution in [1.82, 2.24) is 20.4 Å². The van der Waals surface area contributed by atoms with Crippen molar-refractivity contribution < 1.29 is 4.39 Å². The van der Waals surface area contributed by atoms with Crippen LogP contribution in [0.1, 0.15) is 31.0 Å². The number of nitrogens with zero attached hydrogens (tertiary/aromatic N) is 3. The predicted octanol–water partition coefficient (Wildman–Crippen LogP) is 2.00. The highest BCUT2D eigenvalue weighted by Gasteiger charge is 2.15. The number of benzene rings is 1. The molecule has 0 saturated carbocycles. The maximum Gasteiger partial charge on any atom is 0.191 e. The zero-order valence-corrected chi connectivity index (χ0v) is 16.0. The van der Waals surface area contributed by atoms with Crippen molar-refractivity contribution in [2.45, 2.75) is 26.8 Å². The van der Waals surface area contributed by atoms with Crippen LogP contribution in [0.5, 0.6) is 0 Å². The van der Waals surface area contributed by atoms with Gasteiger partial charge in [-0.1, -0.05) is 19.1 Å². The van der Waals surface area contributed by atoms with Gasteiger partial charge < -0.3 is 15.5 Å². The molecular weight excluding hydrogens is 317 g/mol. The average Bonchev–Trinajstić information content (AvgIpc) is 2.63. The molecule has 1 saturated heterocycles. The lowest BCUT2D eigenvalue weighted by atomic mass is 10.1. The molecule has 140 valence electrons. The molecule has 0 spiro atoms. The predicted molar refractivity (Wildman–Crippen MR) is 103 cm³/mol. The largest absolute Gasteiger partial charge is 0.355 e. The fourth-order valence-electron chi connectivity index (χ4n) is 3.02. The van der Waals surface area contributed by atoms with Gasteiger partial charge in [0.1, 0.15) is 5.82 Å². The molecular formula is C19H32FN5. The van der Waals surface area contributed by atoms with Gasteiger partial charge in [-0.15, -0.1) is 0 Å². The Morgan fingerprint density at radius 2 is 1.92 bits per heavy atom. The molecule has 1 aromatic rings. The summed E-state index contributed by atoms with van der Waals surface area (Å²) >= 11 is 0. The summed E-state index contributed by atoms with van der Waals surface area (Å²) in [5, 5.41) is 6.69. The fraction of sp³-hybridized carbons (Fsp3) is 0.632. The summed E-state index contributed by atoms with van der Waals surface area (Å²) in [7, 11) is 1.76. The Balaban J connectivity index is 1.75. The number of aryl methyl sites for hydroxylation is 1. The molecule has 5 nitrogen and oxygen atoms in total. The van der Waals surface area contributed by atoms with E-state index in [0.717, 1.165) is 57.3 Å². The van der Waals surface area contributed by atoms with Crippen LogP contribution in [0.4, 0.5) is 4.39 Å².